The van der Waals surface area contributed by atoms with Gasteiger partial charge in [-0.3, -0.25) is 0 Å². The predicted octanol–water partition coefficient (Wildman–Crippen LogP) is 4.64. The van der Waals surface area contributed by atoms with E-state index in [1.165, 1.54) is 0 Å². The largest absolute Gasteiger partial charge is 0.492 e. The van der Waals surface area contributed by atoms with Gasteiger partial charge in [0.15, 0.2) is 23.0 Å². The quantitative estimate of drug-likeness (QED) is 0.687. The molecule has 0 fully saturated rings. The Balaban J connectivity index is 3.12. The van der Waals surface area contributed by atoms with E-state index in [1.54, 1.807) is 42.7 Å². The number of hydrogen-bond donors (Lipinski definition) is 0. The monoisotopic (exact) mass is 390 g/mol. The number of methoxy groups -OCH3 is 6. The third-order valence-corrected chi connectivity index (χ3v) is 5.31. The molecule has 0 saturated heterocycles. The fourth-order valence-electron chi connectivity index (χ4n) is 3.68. The summed E-state index contributed by atoms with van der Waals surface area (Å²) in [5, 5.41) is 0. The molecule has 2 aromatic rings. The van der Waals surface area contributed by atoms with Crippen LogP contribution in [0.15, 0.2) is 0 Å². The van der Waals surface area contributed by atoms with Crippen molar-refractivity contribution in [3.8, 4) is 45.6 Å². The molecule has 0 aliphatic rings. The Labute approximate surface area is 167 Å². The van der Waals surface area contributed by atoms with Gasteiger partial charge in [0.2, 0.25) is 11.5 Å². The van der Waals surface area contributed by atoms with Crippen LogP contribution in [0.1, 0.15) is 22.3 Å². The van der Waals surface area contributed by atoms with Crippen LogP contribution < -0.4 is 28.4 Å². The van der Waals surface area contributed by atoms with Gasteiger partial charge in [0.25, 0.3) is 0 Å². The highest BCUT2D eigenvalue weighted by Gasteiger charge is 2.30. The van der Waals surface area contributed by atoms with Gasteiger partial charge in [-0.15, -0.1) is 0 Å². The average molecular weight is 390 g/mol. The molecule has 6 heteroatoms. The lowest BCUT2D eigenvalue weighted by Gasteiger charge is -2.26. The third-order valence-electron chi connectivity index (χ3n) is 5.31. The zero-order valence-corrected chi connectivity index (χ0v) is 18.4. The summed E-state index contributed by atoms with van der Waals surface area (Å²) in [6, 6.07) is 0. The SMILES string of the molecule is COc1c(C)c(C)c(-c2c(C)c(C)c(OC)c(OC)c2OC)c(OC)c1OC. The van der Waals surface area contributed by atoms with Gasteiger partial charge in [0.1, 0.15) is 0 Å². The van der Waals surface area contributed by atoms with Crippen LogP contribution in [-0.4, -0.2) is 42.7 Å². The van der Waals surface area contributed by atoms with Crippen molar-refractivity contribution in [3.63, 3.8) is 0 Å². The lowest BCUT2D eigenvalue weighted by molar-refractivity contribution is 0.320. The van der Waals surface area contributed by atoms with Gasteiger partial charge >= 0.3 is 0 Å². The normalized spacial score (nSPS) is 10.5. The topological polar surface area (TPSA) is 55.4 Å². The van der Waals surface area contributed by atoms with Crippen molar-refractivity contribution in [2.45, 2.75) is 27.7 Å². The molecule has 0 radical (unpaired) electrons. The number of rotatable bonds is 7. The highest BCUT2D eigenvalue weighted by atomic mass is 16.5. The van der Waals surface area contributed by atoms with Crippen molar-refractivity contribution in [1.29, 1.82) is 0 Å². The van der Waals surface area contributed by atoms with Crippen molar-refractivity contribution in [2.75, 3.05) is 42.7 Å². The van der Waals surface area contributed by atoms with Gasteiger partial charge < -0.3 is 28.4 Å². The van der Waals surface area contributed by atoms with Crippen LogP contribution >= 0.6 is 0 Å². The summed E-state index contributed by atoms with van der Waals surface area (Å²) in [5.41, 5.74) is 5.67. The molecule has 2 rings (SSSR count). The number of ether oxygens (including phenoxy) is 6. The van der Waals surface area contributed by atoms with Crippen molar-refractivity contribution < 1.29 is 28.4 Å². The lowest BCUT2D eigenvalue weighted by Crippen LogP contribution is -2.06. The van der Waals surface area contributed by atoms with Gasteiger partial charge in [-0.25, -0.2) is 0 Å². The fraction of sp³-hybridized carbons (Fsp3) is 0.455. The molecule has 2 aromatic carbocycles. The molecule has 0 amide bonds. The second kappa shape index (κ2) is 8.50. The maximum atomic E-state index is 5.79. The first-order chi connectivity index (χ1) is 13.3. The molecule has 0 aliphatic carbocycles. The Kier molecular flexibility index (Phi) is 6.54. The average Bonchev–Trinajstić information content (AvgIpc) is 2.71. The lowest BCUT2D eigenvalue weighted by atomic mass is 9.88. The summed E-state index contributed by atoms with van der Waals surface area (Å²) in [7, 11) is 9.67. The van der Waals surface area contributed by atoms with Crippen molar-refractivity contribution in [1.82, 2.24) is 0 Å². The van der Waals surface area contributed by atoms with Crippen molar-refractivity contribution in [2.24, 2.45) is 0 Å². The first-order valence-electron chi connectivity index (χ1n) is 8.92. The smallest absolute Gasteiger partial charge is 0.204 e. The fourth-order valence-corrected chi connectivity index (χ4v) is 3.68. The molecule has 0 aliphatic heterocycles. The molecule has 0 atom stereocenters. The van der Waals surface area contributed by atoms with Gasteiger partial charge in [0, 0.05) is 11.1 Å². The molecule has 0 saturated carbocycles. The van der Waals surface area contributed by atoms with E-state index in [9.17, 15) is 0 Å². The van der Waals surface area contributed by atoms with Crippen LogP contribution in [0, 0.1) is 27.7 Å². The van der Waals surface area contributed by atoms with E-state index in [0.717, 1.165) is 33.4 Å². The van der Waals surface area contributed by atoms with E-state index in [-0.39, 0.29) is 0 Å². The van der Waals surface area contributed by atoms with Crippen LogP contribution in [-0.2, 0) is 0 Å². The Morgan fingerprint density at radius 2 is 0.571 bits per heavy atom. The summed E-state index contributed by atoms with van der Waals surface area (Å²) in [5.74, 6) is 3.53. The third kappa shape index (κ3) is 3.07. The van der Waals surface area contributed by atoms with E-state index in [1.807, 2.05) is 27.7 Å². The molecule has 0 spiro atoms. The van der Waals surface area contributed by atoms with Gasteiger partial charge in [-0.05, 0) is 49.9 Å². The maximum Gasteiger partial charge on any atom is 0.204 e. The first-order valence-corrected chi connectivity index (χ1v) is 8.92. The highest BCUT2D eigenvalue weighted by Crippen LogP contribution is 2.55. The minimum atomic E-state index is 0.539. The Hall–Kier alpha value is -2.76. The second-order valence-corrected chi connectivity index (χ2v) is 6.45. The standard InChI is InChI=1S/C22H30O6/c1-11-13(3)17(23-5)21(27-9)19(25-7)15(11)16-12(2)14(4)18(24-6)22(28-10)20(16)26-8/h1-10H3. The van der Waals surface area contributed by atoms with Crippen molar-refractivity contribution in [3.05, 3.63) is 22.3 Å². The molecule has 0 N–H and O–H groups in total. The molecule has 0 unspecified atom stereocenters. The Morgan fingerprint density at radius 3 is 0.786 bits per heavy atom. The first kappa shape index (κ1) is 21.5. The predicted molar refractivity (Wildman–Crippen MR) is 110 cm³/mol. The molecule has 0 heterocycles. The minimum absolute atomic E-state index is 0.539. The summed E-state index contributed by atoms with van der Waals surface area (Å²) >= 11 is 0. The minimum Gasteiger partial charge on any atom is -0.492 e. The summed E-state index contributed by atoms with van der Waals surface area (Å²) < 4.78 is 34.1. The zero-order chi connectivity index (χ0) is 21.2. The number of hydrogen-bond acceptors (Lipinski definition) is 6. The van der Waals surface area contributed by atoms with Crippen LogP contribution in [0.2, 0.25) is 0 Å². The van der Waals surface area contributed by atoms with Gasteiger partial charge in [0.05, 0.1) is 42.7 Å². The van der Waals surface area contributed by atoms with Crippen LogP contribution in [0.25, 0.3) is 11.1 Å². The van der Waals surface area contributed by atoms with Crippen LogP contribution in [0.5, 0.6) is 34.5 Å². The zero-order valence-electron chi connectivity index (χ0n) is 18.4. The molecule has 154 valence electrons. The Bertz CT molecular complexity index is 813. The van der Waals surface area contributed by atoms with Crippen LogP contribution in [0.4, 0.5) is 0 Å². The molecule has 6 nitrogen and oxygen atoms in total. The molecule has 0 bridgehead atoms. The number of benzene rings is 2. The van der Waals surface area contributed by atoms with E-state index >= 15 is 0 Å². The second-order valence-electron chi connectivity index (χ2n) is 6.45. The summed E-state index contributed by atoms with van der Waals surface area (Å²) in [6.07, 6.45) is 0. The van der Waals surface area contributed by atoms with E-state index in [4.69, 9.17) is 28.4 Å². The Morgan fingerprint density at radius 1 is 0.321 bits per heavy atom. The molecule has 28 heavy (non-hydrogen) atoms. The maximum absolute atomic E-state index is 5.79. The summed E-state index contributed by atoms with van der Waals surface area (Å²) in [6.45, 7) is 8.05. The van der Waals surface area contributed by atoms with E-state index in [0.29, 0.717) is 34.5 Å². The van der Waals surface area contributed by atoms with Gasteiger partial charge in [-0.2, -0.15) is 0 Å². The van der Waals surface area contributed by atoms with Crippen LogP contribution in [0.3, 0.4) is 0 Å². The van der Waals surface area contributed by atoms with Gasteiger partial charge in [-0.1, -0.05) is 0 Å². The summed E-state index contributed by atoms with van der Waals surface area (Å²) in [4.78, 5) is 0. The highest BCUT2D eigenvalue weighted by molar-refractivity contribution is 5.89. The molecular weight excluding hydrogens is 360 g/mol. The van der Waals surface area contributed by atoms with E-state index < -0.39 is 0 Å². The molecular formula is C22H30O6. The van der Waals surface area contributed by atoms with E-state index in [2.05, 4.69) is 0 Å². The van der Waals surface area contributed by atoms with Crippen molar-refractivity contribution >= 4 is 0 Å². The molecule has 0 aromatic heterocycles.